The minimum atomic E-state index is -3.62. The highest BCUT2D eigenvalue weighted by Gasteiger charge is 2.28. The zero-order valence-corrected chi connectivity index (χ0v) is 11.0. The highest BCUT2D eigenvalue weighted by atomic mass is 32.2. The fourth-order valence-corrected chi connectivity index (χ4v) is 2.80. The number of sulfonamides is 1. The molecule has 1 aliphatic rings. The molecule has 7 heteroatoms. The van der Waals surface area contributed by atoms with Gasteiger partial charge in [-0.25, -0.2) is 13.1 Å². The van der Waals surface area contributed by atoms with E-state index in [2.05, 4.69) is 14.8 Å². The Morgan fingerprint density at radius 2 is 2.29 bits per heavy atom. The third-order valence-corrected chi connectivity index (χ3v) is 4.69. The standard InChI is InChI=1S/C10H20N2O4S/c1-8(10(13)16-2)17(14,15)12-7-5-9-4-3-6-11-9/h8-9,11-12H,3-7H2,1-2H3/t8?,9-/m1/s1. The molecule has 1 aliphatic heterocycles. The van der Waals surface area contributed by atoms with Crippen LogP contribution in [0.25, 0.3) is 0 Å². The van der Waals surface area contributed by atoms with E-state index in [9.17, 15) is 13.2 Å². The Morgan fingerprint density at radius 1 is 1.59 bits per heavy atom. The molecule has 100 valence electrons. The summed E-state index contributed by atoms with van der Waals surface area (Å²) in [7, 11) is -2.44. The van der Waals surface area contributed by atoms with Gasteiger partial charge in [-0.2, -0.15) is 0 Å². The summed E-state index contributed by atoms with van der Waals surface area (Å²) < 4.78 is 30.2. The third-order valence-electron chi connectivity index (χ3n) is 2.96. The van der Waals surface area contributed by atoms with Crippen LogP contribution >= 0.6 is 0 Å². The van der Waals surface area contributed by atoms with E-state index in [4.69, 9.17) is 0 Å². The Balaban J connectivity index is 2.35. The molecule has 0 spiro atoms. The normalized spacial score (nSPS) is 22.4. The number of hydrogen-bond donors (Lipinski definition) is 2. The van der Waals surface area contributed by atoms with Crippen LogP contribution < -0.4 is 10.0 Å². The predicted octanol–water partition coefficient (Wildman–Crippen LogP) is -0.391. The fourth-order valence-electron chi connectivity index (χ4n) is 1.80. The van der Waals surface area contributed by atoms with Crippen LogP contribution in [0.3, 0.4) is 0 Å². The van der Waals surface area contributed by atoms with Crippen molar-refractivity contribution in [3.05, 3.63) is 0 Å². The van der Waals surface area contributed by atoms with Gasteiger partial charge in [-0.15, -0.1) is 0 Å². The number of esters is 1. The molecule has 0 aliphatic carbocycles. The van der Waals surface area contributed by atoms with Crippen molar-refractivity contribution in [1.82, 2.24) is 10.0 Å². The van der Waals surface area contributed by atoms with Crippen LogP contribution in [0, 0.1) is 0 Å². The number of ether oxygens (including phenoxy) is 1. The van der Waals surface area contributed by atoms with Gasteiger partial charge in [-0.05, 0) is 32.7 Å². The second-order valence-electron chi connectivity index (χ2n) is 4.19. The maximum Gasteiger partial charge on any atom is 0.325 e. The van der Waals surface area contributed by atoms with Gasteiger partial charge in [-0.1, -0.05) is 0 Å². The second-order valence-corrected chi connectivity index (χ2v) is 6.27. The number of carbonyl (C=O) groups excluding carboxylic acids is 1. The Morgan fingerprint density at radius 3 is 2.82 bits per heavy atom. The zero-order chi connectivity index (χ0) is 12.9. The van der Waals surface area contributed by atoms with Gasteiger partial charge in [0.2, 0.25) is 10.0 Å². The van der Waals surface area contributed by atoms with Gasteiger partial charge in [-0.3, -0.25) is 4.79 Å². The van der Waals surface area contributed by atoms with Crippen LogP contribution in [-0.2, 0) is 19.6 Å². The van der Waals surface area contributed by atoms with Crippen molar-refractivity contribution >= 4 is 16.0 Å². The van der Waals surface area contributed by atoms with Crippen LogP contribution in [-0.4, -0.2) is 45.9 Å². The van der Waals surface area contributed by atoms with Crippen molar-refractivity contribution in [2.24, 2.45) is 0 Å². The summed E-state index contributed by atoms with van der Waals surface area (Å²) in [5.74, 6) is -0.739. The van der Waals surface area contributed by atoms with Crippen LogP contribution in [0.15, 0.2) is 0 Å². The zero-order valence-electron chi connectivity index (χ0n) is 10.2. The Bertz CT molecular complexity index is 349. The summed E-state index contributed by atoms with van der Waals surface area (Å²) in [4.78, 5) is 11.1. The SMILES string of the molecule is COC(=O)C(C)S(=O)(=O)NCC[C@H]1CCCN1. The molecule has 2 atom stereocenters. The van der Waals surface area contributed by atoms with Crippen LogP contribution in [0.1, 0.15) is 26.2 Å². The van der Waals surface area contributed by atoms with Crippen molar-refractivity contribution in [2.75, 3.05) is 20.2 Å². The van der Waals surface area contributed by atoms with Gasteiger partial charge >= 0.3 is 5.97 Å². The average Bonchev–Trinajstić information content (AvgIpc) is 2.79. The molecule has 1 heterocycles. The lowest BCUT2D eigenvalue weighted by atomic mass is 10.2. The topological polar surface area (TPSA) is 84.5 Å². The number of hydrogen-bond acceptors (Lipinski definition) is 5. The lowest BCUT2D eigenvalue weighted by Gasteiger charge is -2.14. The number of nitrogens with one attached hydrogen (secondary N) is 2. The highest BCUT2D eigenvalue weighted by molar-refractivity contribution is 7.90. The van der Waals surface area contributed by atoms with E-state index >= 15 is 0 Å². The smallest absolute Gasteiger partial charge is 0.325 e. The molecule has 17 heavy (non-hydrogen) atoms. The molecule has 0 aromatic heterocycles. The molecule has 0 amide bonds. The lowest BCUT2D eigenvalue weighted by Crippen LogP contribution is -2.39. The molecule has 1 rings (SSSR count). The summed E-state index contributed by atoms with van der Waals surface area (Å²) in [6.45, 7) is 2.67. The van der Waals surface area contributed by atoms with Gasteiger partial charge in [0.05, 0.1) is 7.11 Å². The van der Waals surface area contributed by atoms with E-state index in [1.807, 2.05) is 0 Å². The number of carbonyl (C=O) groups is 1. The monoisotopic (exact) mass is 264 g/mol. The van der Waals surface area contributed by atoms with Gasteiger partial charge in [0.1, 0.15) is 0 Å². The molecular weight excluding hydrogens is 244 g/mol. The van der Waals surface area contributed by atoms with E-state index in [1.165, 1.54) is 14.0 Å². The summed E-state index contributed by atoms with van der Waals surface area (Å²) >= 11 is 0. The van der Waals surface area contributed by atoms with Crippen molar-refractivity contribution in [3.63, 3.8) is 0 Å². The minimum Gasteiger partial charge on any atom is -0.468 e. The van der Waals surface area contributed by atoms with Gasteiger partial charge < -0.3 is 10.1 Å². The molecule has 1 fully saturated rings. The Labute approximate surface area is 102 Å². The van der Waals surface area contributed by atoms with E-state index in [0.717, 1.165) is 25.8 Å². The molecule has 0 aromatic carbocycles. The molecule has 0 aromatic rings. The van der Waals surface area contributed by atoms with E-state index < -0.39 is 21.2 Å². The Kier molecular flexibility index (Phi) is 5.35. The maximum atomic E-state index is 11.7. The van der Waals surface area contributed by atoms with Crippen molar-refractivity contribution in [1.29, 1.82) is 0 Å². The summed E-state index contributed by atoms with van der Waals surface area (Å²) in [5, 5.41) is 2.12. The average molecular weight is 264 g/mol. The minimum absolute atomic E-state index is 0.349. The molecule has 0 bridgehead atoms. The highest BCUT2D eigenvalue weighted by Crippen LogP contribution is 2.08. The van der Waals surface area contributed by atoms with Crippen molar-refractivity contribution < 1.29 is 17.9 Å². The third kappa shape index (κ3) is 4.25. The van der Waals surface area contributed by atoms with Crippen molar-refractivity contribution in [3.8, 4) is 0 Å². The molecular formula is C10H20N2O4S. The van der Waals surface area contributed by atoms with Crippen LogP contribution in [0.5, 0.6) is 0 Å². The first-order chi connectivity index (χ1) is 7.97. The number of methoxy groups -OCH3 is 1. The molecule has 2 N–H and O–H groups in total. The van der Waals surface area contributed by atoms with Gasteiger partial charge in [0, 0.05) is 12.6 Å². The maximum absolute atomic E-state index is 11.7. The molecule has 1 saturated heterocycles. The summed E-state index contributed by atoms with van der Waals surface area (Å²) in [6, 6.07) is 0.381. The number of rotatable bonds is 6. The molecule has 0 radical (unpaired) electrons. The summed E-state index contributed by atoms with van der Waals surface area (Å²) in [6.07, 6.45) is 2.96. The first-order valence-corrected chi connectivity index (χ1v) is 7.31. The first-order valence-electron chi connectivity index (χ1n) is 5.77. The summed E-state index contributed by atoms with van der Waals surface area (Å²) in [5.41, 5.74) is 0. The second kappa shape index (κ2) is 6.32. The van der Waals surface area contributed by atoms with Crippen LogP contribution in [0.2, 0.25) is 0 Å². The molecule has 6 nitrogen and oxygen atoms in total. The van der Waals surface area contributed by atoms with Crippen LogP contribution in [0.4, 0.5) is 0 Å². The van der Waals surface area contributed by atoms with E-state index in [1.54, 1.807) is 0 Å². The Hall–Kier alpha value is -0.660. The largest absolute Gasteiger partial charge is 0.468 e. The first kappa shape index (κ1) is 14.4. The van der Waals surface area contributed by atoms with Crippen molar-refractivity contribution in [2.45, 2.75) is 37.5 Å². The van der Waals surface area contributed by atoms with E-state index in [-0.39, 0.29) is 0 Å². The molecule has 1 unspecified atom stereocenters. The lowest BCUT2D eigenvalue weighted by molar-refractivity contribution is -0.139. The van der Waals surface area contributed by atoms with E-state index in [0.29, 0.717) is 12.6 Å². The molecule has 0 saturated carbocycles. The fraction of sp³-hybridized carbons (Fsp3) is 0.900. The predicted molar refractivity (Wildman–Crippen MR) is 64.0 cm³/mol. The quantitative estimate of drug-likeness (QED) is 0.638. The van der Waals surface area contributed by atoms with Gasteiger partial charge in [0.15, 0.2) is 5.25 Å². The van der Waals surface area contributed by atoms with Gasteiger partial charge in [0.25, 0.3) is 0 Å².